The first kappa shape index (κ1) is 32.2. The number of nitrogens with zero attached hydrogens (tertiary/aromatic N) is 1. The molecular weight excluding hydrogens is 592 g/mol. The maximum Gasteiger partial charge on any atom is 0.303 e. The lowest BCUT2D eigenvalue weighted by Crippen LogP contribution is -2.39. The van der Waals surface area contributed by atoms with Crippen LogP contribution in [0.25, 0.3) is 0 Å². The van der Waals surface area contributed by atoms with Crippen LogP contribution >= 0.6 is 11.8 Å². The molecule has 1 aliphatic rings. The highest BCUT2D eigenvalue weighted by Gasteiger charge is 2.42. The number of esters is 1. The maximum absolute atomic E-state index is 12.4. The van der Waals surface area contributed by atoms with E-state index in [1.54, 1.807) is 12.1 Å². The van der Waals surface area contributed by atoms with E-state index >= 15 is 0 Å². The second kappa shape index (κ2) is 15.2. The molecule has 1 aliphatic heterocycles. The van der Waals surface area contributed by atoms with Gasteiger partial charge in [0, 0.05) is 42.8 Å². The van der Waals surface area contributed by atoms with E-state index in [-0.39, 0.29) is 37.2 Å². The zero-order chi connectivity index (χ0) is 31.8. The van der Waals surface area contributed by atoms with Gasteiger partial charge in [-0.05, 0) is 35.2 Å². The first-order valence-electron chi connectivity index (χ1n) is 14.7. The third-order valence-corrected chi connectivity index (χ3v) is 8.69. The highest BCUT2D eigenvalue weighted by molar-refractivity contribution is 7.99. The molecule has 1 saturated heterocycles. The summed E-state index contributed by atoms with van der Waals surface area (Å²) < 4.78 is 19.2. The van der Waals surface area contributed by atoms with Crippen molar-refractivity contribution in [1.82, 2.24) is 5.32 Å². The molecule has 4 aromatic rings. The summed E-state index contributed by atoms with van der Waals surface area (Å²) in [5, 5.41) is 25.4. The summed E-state index contributed by atoms with van der Waals surface area (Å²) >= 11 is 1.44. The number of pyridine rings is 1. The normalized spacial score (nSPS) is 20.2. The Morgan fingerprint density at radius 3 is 2.24 bits per heavy atom. The lowest BCUT2D eigenvalue weighted by molar-refractivity contribution is -0.645. The van der Waals surface area contributed by atoms with Crippen LogP contribution < -0.4 is 10.0 Å². The highest BCUT2D eigenvalue weighted by atomic mass is 32.2. The Kier molecular flexibility index (Phi) is 10.9. The fourth-order valence-corrected chi connectivity index (χ4v) is 6.26. The van der Waals surface area contributed by atoms with E-state index in [4.69, 9.17) is 14.2 Å². The number of aliphatic hydroxyl groups excluding tert-OH is 1. The number of carbonyl (C=O) groups is 2. The minimum atomic E-state index is -0.881. The van der Waals surface area contributed by atoms with Gasteiger partial charge in [0.1, 0.15) is 0 Å². The standard InChI is InChI=1S/C35H36N2O7S/c1-23(42-24(2)39)34(40)36-20-25-11-17-29(18-12-25)35-43-30(22-45-31-10-6-7-19-37(31)41)32(27-8-4-3-5-9-27)33(44-35)28-15-13-26(21-38)14-16-28/h3-19,23,30,32-33,35,38H,20-22H2,1-2H3,(H,36,40). The van der Waals surface area contributed by atoms with Gasteiger partial charge in [0.2, 0.25) is 0 Å². The van der Waals surface area contributed by atoms with Gasteiger partial charge in [-0.1, -0.05) is 90.6 Å². The number of ether oxygens (including phenoxy) is 3. The number of amides is 1. The Balaban J connectivity index is 1.41. The van der Waals surface area contributed by atoms with Gasteiger partial charge in [-0.3, -0.25) is 9.59 Å². The van der Waals surface area contributed by atoms with Crippen LogP contribution in [0.15, 0.2) is 108 Å². The van der Waals surface area contributed by atoms with Crippen molar-refractivity contribution in [2.24, 2.45) is 0 Å². The van der Waals surface area contributed by atoms with Crippen LogP contribution in [-0.2, 0) is 37.0 Å². The third kappa shape index (κ3) is 8.29. The molecule has 2 N–H and O–H groups in total. The summed E-state index contributed by atoms with van der Waals surface area (Å²) in [6.45, 7) is 3.00. The Labute approximate surface area is 266 Å². The smallest absolute Gasteiger partial charge is 0.303 e. The zero-order valence-electron chi connectivity index (χ0n) is 25.1. The Bertz CT molecular complexity index is 1570. The van der Waals surface area contributed by atoms with Gasteiger partial charge < -0.3 is 29.8 Å². The molecule has 0 bridgehead atoms. The molecule has 0 spiro atoms. The van der Waals surface area contributed by atoms with Crippen molar-refractivity contribution in [2.45, 2.75) is 62.5 Å². The lowest BCUT2D eigenvalue weighted by atomic mass is 9.84. The molecule has 0 aliphatic carbocycles. The van der Waals surface area contributed by atoms with Crippen molar-refractivity contribution in [3.8, 4) is 0 Å². The fourth-order valence-electron chi connectivity index (χ4n) is 5.27. The molecule has 2 heterocycles. The van der Waals surface area contributed by atoms with Crippen molar-refractivity contribution in [2.75, 3.05) is 5.75 Å². The number of nitrogens with one attached hydrogen (secondary N) is 1. The predicted molar refractivity (Wildman–Crippen MR) is 169 cm³/mol. The van der Waals surface area contributed by atoms with E-state index in [1.807, 2.05) is 72.8 Å². The Morgan fingerprint density at radius 2 is 1.58 bits per heavy atom. The summed E-state index contributed by atoms with van der Waals surface area (Å²) in [6, 6.07) is 30.7. The molecular formula is C35H36N2O7S. The molecule has 1 aromatic heterocycles. The van der Waals surface area contributed by atoms with Crippen molar-refractivity contribution in [1.29, 1.82) is 0 Å². The highest BCUT2D eigenvalue weighted by Crippen LogP contribution is 2.47. The molecule has 5 atom stereocenters. The number of rotatable bonds is 11. The zero-order valence-corrected chi connectivity index (χ0v) is 25.9. The van der Waals surface area contributed by atoms with Crippen LogP contribution in [0.4, 0.5) is 0 Å². The SMILES string of the molecule is CC(=O)OC(C)C(=O)NCc1ccc(C2OC(CSc3cccc[n+]3[O-])C(c3ccccc3)C(c3ccc(CO)cc3)O2)cc1. The maximum atomic E-state index is 12.4. The number of thioether (sulfide) groups is 1. The molecule has 1 amide bonds. The van der Waals surface area contributed by atoms with Gasteiger partial charge in [0.05, 0.1) is 18.8 Å². The number of carbonyl (C=O) groups excluding carboxylic acids is 2. The van der Waals surface area contributed by atoms with Crippen LogP contribution in [-0.4, -0.2) is 34.9 Å². The average Bonchev–Trinajstić information content (AvgIpc) is 3.06. The van der Waals surface area contributed by atoms with Gasteiger partial charge in [0.25, 0.3) is 10.9 Å². The van der Waals surface area contributed by atoms with Crippen molar-refractivity contribution in [3.63, 3.8) is 0 Å². The van der Waals surface area contributed by atoms with Crippen LogP contribution in [0.2, 0.25) is 0 Å². The molecule has 0 radical (unpaired) electrons. The van der Waals surface area contributed by atoms with E-state index in [0.717, 1.165) is 32.5 Å². The van der Waals surface area contributed by atoms with Crippen LogP contribution in [0.1, 0.15) is 60.0 Å². The molecule has 10 heteroatoms. The van der Waals surface area contributed by atoms with Crippen LogP contribution in [0.5, 0.6) is 0 Å². The first-order chi connectivity index (χ1) is 21.8. The third-order valence-electron chi connectivity index (χ3n) is 7.59. The molecule has 3 aromatic carbocycles. The van der Waals surface area contributed by atoms with E-state index in [1.165, 1.54) is 31.8 Å². The Morgan fingerprint density at radius 1 is 0.911 bits per heavy atom. The number of hydrogen-bond donors (Lipinski definition) is 2. The predicted octanol–water partition coefficient (Wildman–Crippen LogP) is 5.11. The second-order valence-corrected chi connectivity index (χ2v) is 11.8. The Hall–Kier alpha value is -4.22. The van der Waals surface area contributed by atoms with Crippen LogP contribution in [0, 0.1) is 5.21 Å². The lowest BCUT2D eigenvalue weighted by Gasteiger charge is -2.43. The summed E-state index contributed by atoms with van der Waals surface area (Å²) in [4.78, 5) is 23.4. The summed E-state index contributed by atoms with van der Waals surface area (Å²) in [5.74, 6) is -0.582. The van der Waals surface area contributed by atoms with E-state index in [2.05, 4.69) is 17.4 Å². The monoisotopic (exact) mass is 628 g/mol. The van der Waals surface area contributed by atoms with Crippen molar-refractivity contribution >= 4 is 23.6 Å². The minimum Gasteiger partial charge on any atom is -0.618 e. The molecule has 5 unspecified atom stereocenters. The molecule has 234 valence electrons. The summed E-state index contributed by atoms with van der Waals surface area (Å²) in [6.07, 6.45) is -0.826. The molecule has 9 nitrogen and oxygen atoms in total. The van der Waals surface area contributed by atoms with Crippen molar-refractivity contribution < 1.29 is 33.6 Å². The molecule has 5 rings (SSSR count). The minimum absolute atomic E-state index is 0.0549. The van der Waals surface area contributed by atoms with E-state index < -0.39 is 18.4 Å². The van der Waals surface area contributed by atoms with Gasteiger partial charge >= 0.3 is 5.97 Å². The molecule has 45 heavy (non-hydrogen) atoms. The summed E-state index contributed by atoms with van der Waals surface area (Å²) in [7, 11) is 0. The largest absolute Gasteiger partial charge is 0.618 e. The first-order valence-corrected chi connectivity index (χ1v) is 15.7. The average molecular weight is 629 g/mol. The van der Waals surface area contributed by atoms with Gasteiger partial charge in [-0.2, -0.15) is 4.73 Å². The summed E-state index contributed by atoms with van der Waals surface area (Å²) in [5.41, 5.74) is 4.46. The topological polar surface area (TPSA) is 121 Å². The van der Waals surface area contributed by atoms with Gasteiger partial charge in [-0.15, -0.1) is 0 Å². The van der Waals surface area contributed by atoms with Crippen molar-refractivity contribution in [3.05, 3.63) is 136 Å². The quantitative estimate of drug-likeness (QED) is 0.102. The van der Waals surface area contributed by atoms with Gasteiger partial charge in [-0.25, -0.2) is 0 Å². The number of benzene rings is 3. The fraction of sp³-hybridized carbons (Fsp3) is 0.286. The van der Waals surface area contributed by atoms with Gasteiger partial charge in [0.15, 0.2) is 18.6 Å². The van der Waals surface area contributed by atoms with Crippen LogP contribution in [0.3, 0.4) is 0 Å². The number of aromatic nitrogens is 1. The second-order valence-electron chi connectivity index (χ2n) is 10.8. The molecule has 0 saturated carbocycles. The van der Waals surface area contributed by atoms with E-state index in [9.17, 15) is 19.9 Å². The molecule has 1 fully saturated rings. The number of hydrogen-bond acceptors (Lipinski definition) is 8. The number of aliphatic hydroxyl groups is 1. The van der Waals surface area contributed by atoms with E-state index in [0.29, 0.717) is 10.8 Å².